The van der Waals surface area contributed by atoms with E-state index in [1.165, 1.54) is 18.2 Å². The fourth-order valence-electron chi connectivity index (χ4n) is 1.92. The molecule has 2 rings (SSSR count). The van der Waals surface area contributed by atoms with E-state index < -0.39 is 0 Å². The highest BCUT2D eigenvalue weighted by atomic mass is 19.1. The van der Waals surface area contributed by atoms with E-state index in [0.29, 0.717) is 31.3 Å². The minimum absolute atomic E-state index is 0.00223. The topological polar surface area (TPSA) is 83.5 Å². The Morgan fingerprint density at radius 2 is 2.00 bits per heavy atom. The highest BCUT2D eigenvalue weighted by Crippen LogP contribution is 2.10. The zero-order chi connectivity index (χ0) is 17.9. The van der Waals surface area contributed by atoms with Gasteiger partial charge in [0.25, 0.3) is 0 Å². The van der Waals surface area contributed by atoms with Gasteiger partial charge in [0.05, 0.1) is 31.7 Å². The first-order chi connectivity index (χ1) is 12.2. The molecule has 0 unspecified atom stereocenters. The quantitative estimate of drug-likeness (QED) is 0.480. The molecular formula is C18H20FN3O3. The van der Waals surface area contributed by atoms with Gasteiger partial charge in [-0.2, -0.15) is 0 Å². The minimum Gasteiger partial charge on any atom is -0.394 e. The molecule has 0 atom stereocenters. The first-order valence-corrected chi connectivity index (χ1v) is 7.80. The van der Waals surface area contributed by atoms with Crippen molar-refractivity contribution in [3.63, 3.8) is 0 Å². The predicted octanol–water partition coefficient (Wildman–Crippen LogP) is 2.29. The molecule has 0 radical (unpaired) electrons. The molecule has 0 saturated heterocycles. The Balaban J connectivity index is 1.78. The number of halogens is 1. The first-order valence-electron chi connectivity index (χ1n) is 7.80. The van der Waals surface area contributed by atoms with Crippen LogP contribution in [0.1, 0.15) is 5.56 Å². The van der Waals surface area contributed by atoms with Gasteiger partial charge in [0.15, 0.2) is 0 Å². The number of pyridine rings is 1. The standard InChI is InChI=1S/C18H20FN3O3/c19-15-4-1-14(2-5-15)3-8-18(24)22-16-6-7-17(21-13-16)20-9-11-25-12-10-23/h1-8,13,23H,9-12H2,(H,20,21)(H,22,24)/b8-3+. The maximum atomic E-state index is 12.8. The van der Waals surface area contributed by atoms with Gasteiger partial charge in [-0.1, -0.05) is 12.1 Å². The number of carbonyl (C=O) groups excluding carboxylic acids is 1. The van der Waals surface area contributed by atoms with Crippen LogP contribution < -0.4 is 10.6 Å². The molecule has 0 fully saturated rings. The van der Waals surface area contributed by atoms with E-state index >= 15 is 0 Å². The SMILES string of the molecule is O=C(/C=C/c1ccc(F)cc1)Nc1ccc(NCCOCCO)nc1. The van der Waals surface area contributed by atoms with Crippen LogP contribution in [0.3, 0.4) is 0 Å². The van der Waals surface area contributed by atoms with E-state index in [1.54, 1.807) is 36.5 Å². The van der Waals surface area contributed by atoms with Crippen molar-refractivity contribution in [2.75, 3.05) is 37.0 Å². The summed E-state index contributed by atoms with van der Waals surface area (Å²) in [6.07, 6.45) is 4.52. The molecule has 1 aromatic carbocycles. The van der Waals surface area contributed by atoms with Crippen molar-refractivity contribution in [2.24, 2.45) is 0 Å². The van der Waals surface area contributed by atoms with Crippen LogP contribution in [0.2, 0.25) is 0 Å². The number of hydrogen-bond acceptors (Lipinski definition) is 5. The number of carbonyl (C=O) groups is 1. The third-order valence-corrected chi connectivity index (χ3v) is 3.12. The Bertz CT molecular complexity index is 688. The molecule has 1 aromatic heterocycles. The van der Waals surface area contributed by atoms with Crippen molar-refractivity contribution in [3.05, 3.63) is 60.1 Å². The van der Waals surface area contributed by atoms with Crippen LogP contribution >= 0.6 is 0 Å². The lowest BCUT2D eigenvalue weighted by atomic mass is 10.2. The number of anilines is 2. The molecule has 132 valence electrons. The Labute approximate surface area is 145 Å². The number of aliphatic hydroxyl groups is 1. The second kappa shape index (κ2) is 10.2. The summed E-state index contributed by atoms with van der Waals surface area (Å²) in [6, 6.07) is 9.32. The molecule has 6 nitrogen and oxygen atoms in total. The van der Waals surface area contributed by atoms with Crippen LogP contribution in [0.15, 0.2) is 48.7 Å². The third kappa shape index (κ3) is 7.11. The number of nitrogens with one attached hydrogen (secondary N) is 2. The monoisotopic (exact) mass is 345 g/mol. The average molecular weight is 345 g/mol. The summed E-state index contributed by atoms with van der Waals surface area (Å²) in [7, 11) is 0. The lowest BCUT2D eigenvalue weighted by Crippen LogP contribution is -2.12. The molecule has 0 aliphatic carbocycles. The Hall–Kier alpha value is -2.77. The van der Waals surface area contributed by atoms with Gasteiger partial charge >= 0.3 is 0 Å². The highest BCUT2D eigenvalue weighted by molar-refractivity contribution is 6.01. The van der Waals surface area contributed by atoms with E-state index in [2.05, 4.69) is 15.6 Å². The summed E-state index contributed by atoms with van der Waals surface area (Å²) in [6.45, 7) is 1.35. The van der Waals surface area contributed by atoms with Crippen molar-refractivity contribution in [1.29, 1.82) is 0 Å². The smallest absolute Gasteiger partial charge is 0.248 e. The molecular weight excluding hydrogens is 325 g/mol. The predicted molar refractivity (Wildman–Crippen MR) is 94.7 cm³/mol. The summed E-state index contributed by atoms with van der Waals surface area (Å²) >= 11 is 0. The zero-order valence-electron chi connectivity index (χ0n) is 13.6. The fraction of sp³-hybridized carbons (Fsp3) is 0.222. The number of benzene rings is 1. The van der Waals surface area contributed by atoms with Crippen molar-refractivity contribution in [2.45, 2.75) is 0 Å². The van der Waals surface area contributed by atoms with Gasteiger partial charge in [0.1, 0.15) is 11.6 Å². The molecule has 1 amide bonds. The van der Waals surface area contributed by atoms with Gasteiger partial charge in [-0.15, -0.1) is 0 Å². The van der Waals surface area contributed by atoms with Crippen LogP contribution in [0.4, 0.5) is 15.9 Å². The second-order valence-electron chi connectivity index (χ2n) is 5.07. The largest absolute Gasteiger partial charge is 0.394 e. The molecule has 0 spiro atoms. The number of aromatic nitrogens is 1. The maximum absolute atomic E-state index is 12.8. The molecule has 2 aromatic rings. The second-order valence-corrected chi connectivity index (χ2v) is 5.07. The van der Waals surface area contributed by atoms with Crippen LogP contribution in [-0.2, 0) is 9.53 Å². The van der Waals surface area contributed by atoms with E-state index in [1.807, 2.05) is 0 Å². The lowest BCUT2D eigenvalue weighted by molar-refractivity contribution is -0.111. The fourth-order valence-corrected chi connectivity index (χ4v) is 1.92. The Morgan fingerprint density at radius 1 is 1.20 bits per heavy atom. The highest BCUT2D eigenvalue weighted by Gasteiger charge is 2.00. The zero-order valence-corrected chi connectivity index (χ0v) is 13.6. The van der Waals surface area contributed by atoms with Crippen molar-refractivity contribution in [3.8, 4) is 0 Å². The van der Waals surface area contributed by atoms with Crippen LogP contribution in [0.5, 0.6) is 0 Å². The number of ether oxygens (including phenoxy) is 1. The van der Waals surface area contributed by atoms with Crippen molar-refractivity contribution >= 4 is 23.5 Å². The summed E-state index contributed by atoms with van der Waals surface area (Å²) in [5, 5.41) is 14.3. The molecule has 7 heteroatoms. The number of nitrogens with zero attached hydrogens (tertiary/aromatic N) is 1. The molecule has 0 aliphatic heterocycles. The normalized spacial score (nSPS) is 10.8. The summed E-state index contributed by atoms with van der Waals surface area (Å²) in [5.74, 6) is 0.0398. The van der Waals surface area contributed by atoms with Crippen molar-refractivity contribution in [1.82, 2.24) is 4.98 Å². The van der Waals surface area contributed by atoms with E-state index in [4.69, 9.17) is 9.84 Å². The minimum atomic E-state index is -0.318. The molecule has 0 bridgehead atoms. The van der Waals surface area contributed by atoms with Crippen LogP contribution in [-0.4, -0.2) is 42.4 Å². The number of rotatable bonds is 9. The molecule has 25 heavy (non-hydrogen) atoms. The molecule has 3 N–H and O–H groups in total. The van der Waals surface area contributed by atoms with E-state index in [0.717, 1.165) is 5.56 Å². The summed E-state index contributed by atoms with van der Waals surface area (Å²) in [5.41, 5.74) is 1.30. The Kier molecular flexibility index (Phi) is 7.55. The van der Waals surface area contributed by atoms with Crippen molar-refractivity contribution < 1.29 is 19.0 Å². The van der Waals surface area contributed by atoms with Gasteiger partial charge in [-0.25, -0.2) is 9.37 Å². The van der Waals surface area contributed by atoms with Crippen LogP contribution in [0, 0.1) is 5.82 Å². The number of aliphatic hydroxyl groups excluding tert-OH is 1. The Morgan fingerprint density at radius 3 is 2.68 bits per heavy atom. The molecule has 0 saturated carbocycles. The summed E-state index contributed by atoms with van der Waals surface area (Å²) < 4.78 is 17.9. The van der Waals surface area contributed by atoms with Gasteiger partial charge in [0, 0.05) is 12.6 Å². The number of amides is 1. The summed E-state index contributed by atoms with van der Waals surface area (Å²) in [4.78, 5) is 16.0. The molecule has 0 aliphatic rings. The van der Waals surface area contributed by atoms with Gasteiger partial charge in [0.2, 0.25) is 5.91 Å². The maximum Gasteiger partial charge on any atom is 0.248 e. The van der Waals surface area contributed by atoms with E-state index in [9.17, 15) is 9.18 Å². The average Bonchev–Trinajstić information content (AvgIpc) is 2.62. The lowest BCUT2D eigenvalue weighted by Gasteiger charge is -2.07. The molecule has 1 heterocycles. The first kappa shape index (κ1) is 18.6. The van der Waals surface area contributed by atoms with Gasteiger partial charge in [-0.3, -0.25) is 4.79 Å². The number of hydrogen-bond donors (Lipinski definition) is 3. The van der Waals surface area contributed by atoms with Crippen LogP contribution in [0.25, 0.3) is 6.08 Å². The van der Waals surface area contributed by atoms with Gasteiger partial charge in [-0.05, 0) is 35.9 Å². The third-order valence-electron chi connectivity index (χ3n) is 3.12. The van der Waals surface area contributed by atoms with Gasteiger partial charge < -0.3 is 20.5 Å². The van der Waals surface area contributed by atoms with E-state index in [-0.39, 0.29) is 18.3 Å².